The van der Waals surface area contributed by atoms with Gasteiger partial charge in [0.2, 0.25) is 0 Å². The minimum Gasteiger partial charge on any atom is -0.310 e. The molecule has 1 nitrogen and oxygen atoms in total. The van der Waals surface area contributed by atoms with E-state index in [1.54, 1.807) is 5.56 Å². The molecule has 1 N–H and O–H groups in total. The highest BCUT2D eigenvalue weighted by Gasteiger charge is 2.20. The van der Waals surface area contributed by atoms with Gasteiger partial charge >= 0.3 is 0 Å². The summed E-state index contributed by atoms with van der Waals surface area (Å²) in [5.74, 6) is 0.842. The van der Waals surface area contributed by atoms with Crippen molar-refractivity contribution >= 4 is 0 Å². The molecule has 2 aliphatic carbocycles. The van der Waals surface area contributed by atoms with E-state index < -0.39 is 0 Å². The van der Waals surface area contributed by atoms with Gasteiger partial charge in [0.1, 0.15) is 0 Å². The Balaban J connectivity index is 1.58. The first-order valence-electron chi connectivity index (χ1n) is 7.24. The standard InChI is InChI=1S/C16H23N/c1-2-4-14(5-3-1)15-8-6-13(7-9-15)12-17-16-10-11-16/h6-9,14,16-17H,1-5,10-12H2. The molecule has 0 bridgehead atoms. The normalized spacial score (nSPS) is 21.6. The zero-order chi connectivity index (χ0) is 11.5. The number of hydrogen-bond donors (Lipinski definition) is 1. The van der Waals surface area contributed by atoms with Crippen LogP contribution < -0.4 is 5.32 Å². The molecule has 0 amide bonds. The summed E-state index contributed by atoms with van der Waals surface area (Å²) in [4.78, 5) is 0. The summed E-state index contributed by atoms with van der Waals surface area (Å²) < 4.78 is 0. The van der Waals surface area contributed by atoms with Crippen molar-refractivity contribution in [1.29, 1.82) is 0 Å². The monoisotopic (exact) mass is 229 g/mol. The molecule has 0 unspecified atom stereocenters. The van der Waals surface area contributed by atoms with Crippen molar-refractivity contribution in [3.8, 4) is 0 Å². The average molecular weight is 229 g/mol. The van der Waals surface area contributed by atoms with Crippen LogP contribution in [0.2, 0.25) is 0 Å². The second-order valence-corrected chi connectivity index (χ2v) is 5.73. The van der Waals surface area contributed by atoms with Gasteiger partial charge in [0.15, 0.2) is 0 Å². The predicted octanol–water partition coefficient (Wildman–Crippen LogP) is 3.99. The van der Waals surface area contributed by atoms with Crippen molar-refractivity contribution in [3.63, 3.8) is 0 Å². The SMILES string of the molecule is c1cc(C2CCCCC2)ccc1CNC1CC1. The quantitative estimate of drug-likeness (QED) is 0.823. The van der Waals surface area contributed by atoms with Crippen LogP contribution in [0, 0.1) is 0 Å². The second kappa shape index (κ2) is 5.22. The van der Waals surface area contributed by atoms with Crippen LogP contribution in [-0.4, -0.2) is 6.04 Å². The highest BCUT2D eigenvalue weighted by Crippen LogP contribution is 2.32. The molecular weight excluding hydrogens is 206 g/mol. The molecule has 0 atom stereocenters. The first-order chi connectivity index (χ1) is 8.42. The van der Waals surface area contributed by atoms with E-state index in [0.29, 0.717) is 0 Å². The molecule has 2 fully saturated rings. The smallest absolute Gasteiger partial charge is 0.0208 e. The van der Waals surface area contributed by atoms with Crippen molar-refractivity contribution in [2.45, 2.75) is 63.5 Å². The zero-order valence-electron chi connectivity index (χ0n) is 10.6. The second-order valence-electron chi connectivity index (χ2n) is 5.73. The molecule has 2 saturated carbocycles. The van der Waals surface area contributed by atoms with E-state index in [4.69, 9.17) is 0 Å². The molecular formula is C16H23N. The summed E-state index contributed by atoms with van der Waals surface area (Å²) in [7, 11) is 0. The number of benzene rings is 1. The van der Waals surface area contributed by atoms with Gasteiger partial charge in [0.25, 0.3) is 0 Å². The van der Waals surface area contributed by atoms with Crippen LogP contribution in [0.4, 0.5) is 0 Å². The molecule has 3 rings (SSSR count). The topological polar surface area (TPSA) is 12.0 Å². The lowest BCUT2D eigenvalue weighted by molar-refractivity contribution is 0.443. The summed E-state index contributed by atoms with van der Waals surface area (Å²) >= 11 is 0. The average Bonchev–Trinajstić information content (AvgIpc) is 3.22. The summed E-state index contributed by atoms with van der Waals surface area (Å²) in [6.07, 6.45) is 9.85. The van der Waals surface area contributed by atoms with Gasteiger partial charge in [0.05, 0.1) is 0 Å². The maximum absolute atomic E-state index is 3.57. The summed E-state index contributed by atoms with van der Waals surface area (Å²) in [6, 6.07) is 10.2. The molecule has 1 aromatic carbocycles. The van der Waals surface area contributed by atoms with Crippen LogP contribution in [-0.2, 0) is 6.54 Å². The number of rotatable bonds is 4. The Morgan fingerprint density at radius 3 is 2.24 bits per heavy atom. The third-order valence-electron chi connectivity index (χ3n) is 4.23. The minimum absolute atomic E-state index is 0.813. The van der Waals surface area contributed by atoms with Gasteiger partial charge in [-0.15, -0.1) is 0 Å². The molecule has 0 aromatic heterocycles. The molecule has 1 heteroatoms. The lowest BCUT2D eigenvalue weighted by atomic mass is 9.84. The highest BCUT2D eigenvalue weighted by molar-refractivity contribution is 5.25. The fourth-order valence-corrected chi connectivity index (χ4v) is 2.89. The molecule has 92 valence electrons. The molecule has 0 aliphatic heterocycles. The van der Waals surface area contributed by atoms with Crippen LogP contribution in [0.1, 0.15) is 62.0 Å². The van der Waals surface area contributed by atoms with Crippen LogP contribution in [0.15, 0.2) is 24.3 Å². The van der Waals surface area contributed by atoms with Crippen molar-refractivity contribution in [3.05, 3.63) is 35.4 Å². The van der Waals surface area contributed by atoms with E-state index in [2.05, 4.69) is 29.6 Å². The van der Waals surface area contributed by atoms with E-state index in [-0.39, 0.29) is 0 Å². The van der Waals surface area contributed by atoms with E-state index in [9.17, 15) is 0 Å². The minimum atomic E-state index is 0.813. The first kappa shape index (κ1) is 11.3. The molecule has 0 spiro atoms. The Labute approximate surface area is 105 Å². The summed E-state index contributed by atoms with van der Waals surface area (Å²) in [6.45, 7) is 1.05. The molecule has 0 saturated heterocycles. The molecule has 1 aromatic rings. The third-order valence-corrected chi connectivity index (χ3v) is 4.23. The number of nitrogens with one attached hydrogen (secondary N) is 1. The van der Waals surface area contributed by atoms with Crippen LogP contribution in [0.25, 0.3) is 0 Å². The first-order valence-corrected chi connectivity index (χ1v) is 7.24. The predicted molar refractivity (Wildman–Crippen MR) is 72.1 cm³/mol. The maximum atomic E-state index is 3.57. The van der Waals surface area contributed by atoms with Crippen LogP contribution >= 0.6 is 0 Å². The Bertz CT molecular complexity index is 344. The fourth-order valence-electron chi connectivity index (χ4n) is 2.89. The maximum Gasteiger partial charge on any atom is 0.0208 e. The molecule has 0 heterocycles. The molecule has 0 radical (unpaired) electrons. The Morgan fingerprint density at radius 1 is 0.882 bits per heavy atom. The van der Waals surface area contributed by atoms with Crippen molar-refractivity contribution in [2.24, 2.45) is 0 Å². The molecule has 2 aliphatic rings. The van der Waals surface area contributed by atoms with Crippen molar-refractivity contribution in [2.75, 3.05) is 0 Å². The van der Waals surface area contributed by atoms with E-state index in [1.165, 1.54) is 50.5 Å². The van der Waals surface area contributed by atoms with Crippen molar-refractivity contribution < 1.29 is 0 Å². The Morgan fingerprint density at radius 2 is 1.59 bits per heavy atom. The van der Waals surface area contributed by atoms with E-state index >= 15 is 0 Å². The van der Waals surface area contributed by atoms with Gasteiger partial charge in [-0.3, -0.25) is 0 Å². The lowest BCUT2D eigenvalue weighted by Gasteiger charge is -2.22. The van der Waals surface area contributed by atoms with Crippen LogP contribution in [0.5, 0.6) is 0 Å². The summed E-state index contributed by atoms with van der Waals surface area (Å²) in [5, 5.41) is 3.57. The fraction of sp³-hybridized carbons (Fsp3) is 0.625. The van der Waals surface area contributed by atoms with Crippen molar-refractivity contribution in [1.82, 2.24) is 5.32 Å². The third kappa shape index (κ3) is 3.10. The van der Waals surface area contributed by atoms with Gasteiger partial charge in [-0.1, -0.05) is 43.5 Å². The van der Waals surface area contributed by atoms with E-state index in [1.807, 2.05) is 0 Å². The zero-order valence-corrected chi connectivity index (χ0v) is 10.6. The van der Waals surface area contributed by atoms with Gasteiger partial charge in [-0.05, 0) is 42.7 Å². The Hall–Kier alpha value is -0.820. The number of hydrogen-bond acceptors (Lipinski definition) is 1. The lowest BCUT2D eigenvalue weighted by Crippen LogP contribution is -2.15. The van der Waals surface area contributed by atoms with Gasteiger partial charge in [-0.2, -0.15) is 0 Å². The largest absolute Gasteiger partial charge is 0.310 e. The van der Waals surface area contributed by atoms with Gasteiger partial charge in [-0.25, -0.2) is 0 Å². The van der Waals surface area contributed by atoms with E-state index in [0.717, 1.165) is 18.5 Å². The van der Waals surface area contributed by atoms with Gasteiger partial charge < -0.3 is 5.32 Å². The molecule has 17 heavy (non-hydrogen) atoms. The van der Waals surface area contributed by atoms with Gasteiger partial charge in [0, 0.05) is 12.6 Å². The summed E-state index contributed by atoms with van der Waals surface area (Å²) in [5.41, 5.74) is 3.01. The highest BCUT2D eigenvalue weighted by atomic mass is 14.9. The Kier molecular flexibility index (Phi) is 3.46. The van der Waals surface area contributed by atoms with Crippen LogP contribution in [0.3, 0.4) is 0 Å².